The summed E-state index contributed by atoms with van der Waals surface area (Å²) in [5.41, 5.74) is 1.28. The fraction of sp³-hybridized carbons (Fsp3) is 0.600. The second-order valence-electron chi connectivity index (χ2n) is 4.67. The fourth-order valence-electron chi connectivity index (χ4n) is 2.35. The SMILES string of the molecule is CCNC(C)C(CC)Cc1cc(Br)ccc1OC. The number of benzene rings is 1. The van der Waals surface area contributed by atoms with Crippen molar-refractivity contribution in [1.82, 2.24) is 5.32 Å². The van der Waals surface area contributed by atoms with Crippen molar-refractivity contribution in [1.29, 1.82) is 0 Å². The average Bonchev–Trinajstić information content (AvgIpc) is 2.36. The number of nitrogens with one attached hydrogen (secondary N) is 1. The molecular formula is C15H24BrNO. The Morgan fingerprint density at radius 1 is 1.33 bits per heavy atom. The van der Waals surface area contributed by atoms with Crippen LogP contribution < -0.4 is 10.1 Å². The van der Waals surface area contributed by atoms with Gasteiger partial charge in [-0.1, -0.05) is 36.2 Å². The lowest BCUT2D eigenvalue weighted by Gasteiger charge is -2.24. The van der Waals surface area contributed by atoms with E-state index in [1.165, 1.54) is 12.0 Å². The van der Waals surface area contributed by atoms with E-state index < -0.39 is 0 Å². The van der Waals surface area contributed by atoms with Crippen LogP contribution in [-0.2, 0) is 6.42 Å². The molecule has 2 atom stereocenters. The molecule has 0 saturated heterocycles. The van der Waals surface area contributed by atoms with Gasteiger partial charge in [-0.05, 0) is 49.6 Å². The van der Waals surface area contributed by atoms with Crippen LogP contribution in [0.5, 0.6) is 5.75 Å². The number of hydrogen-bond donors (Lipinski definition) is 1. The zero-order valence-corrected chi connectivity index (χ0v) is 13.4. The quantitative estimate of drug-likeness (QED) is 0.820. The summed E-state index contributed by atoms with van der Waals surface area (Å²) in [5.74, 6) is 1.62. The molecular weight excluding hydrogens is 290 g/mol. The summed E-state index contributed by atoms with van der Waals surface area (Å²) in [4.78, 5) is 0. The molecule has 0 fully saturated rings. The Kier molecular flexibility index (Phi) is 6.72. The third-order valence-corrected chi connectivity index (χ3v) is 3.98. The molecule has 0 aliphatic heterocycles. The minimum atomic E-state index is 0.531. The second-order valence-corrected chi connectivity index (χ2v) is 5.59. The van der Waals surface area contributed by atoms with E-state index in [1.807, 2.05) is 12.1 Å². The van der Waals surface area contributed by atoms with Crippen LogP contribution in [-0.4, -0.2) is 19.7 Å². The van der Waals surface area contributed by atoms with Crippen molar-refractivity contribution in [3.63, 3.8) is 0 Å². The minimum absolute atomic E-state index is 0.531. The van der Waals surface area contributed by atoms with Gasteiger partial charge in [-0.2, -0.15) is 0 Å². The van der Waals surface area contributed by atoms with Crippen LogP contribution in [0, 0.1) is 5.92 Å². The second kappa shape index (κ2) is 7.80. The Labute approximate surface area is 119 Å². The summed E-state index contributed by atoms with van der Waals surface area (Å²) in [7, 11) is 1.74. The van der Waals surface area contributed by atoms with E-state index in [0.717, 1.165) is 23.2 Å². The molecule has 0 amide bonds. The molecule has 2 unspecified atom stereocenters. The van der Waals surface area contributed by atoms with Gasteiger partial charge in [-0.25, -0.2) is 0 Å². The highest BCUT2D eigenvalue weighted by Crippen LogP contribution is 2.27. The summed E-state index contributed by atoms with van der Waals surface area (Å²) in [5, 5.41) is 3.52. The molecule has 0 bridgehead atoms. The molecule has 1 rings (SSSR count). The first-order valence-electron chi connectivity index (χ1n) is 6.68. The van der Waals surface area contributed by atoms with E-state index in [0.29, 0.717) is 12.0 Å². The third-order valence-electron chi connectivity index (χ3n) is 3.48. The van der Waals surface area contributed by atoms with E-state index in [1.54, 1.807) is 7.11 Å². The smallest absolute Gasteiger partial charge is 0.122 e. The number of rotatable bonds is 7. The van der Waals surface area contributed by atoms with Crippen molar-refractivity contribution in [2.75, 3.05) is 13.7 Å². The Bertz CT molecular complexity index is 368. The summed E-state index contributed by atoms with van der Waals surface area (Å²) in [6.45, 7) is 7.70. The lowest BCUT2D eigenvalue weighted by Crippen LogP contribution is -2.34. The van der Waals surface area contributed by atoms with Crippen molar-refractivity contribution in [3.05, 3.63) is 28.2 Å². The summed E-state index contributed by atoms with van der Waals surface area (Å²) in [6.07, 6.45) is 2.22. The largest absolute Gasteiger partial charge is 0.496 e. The van der Waals surface area contributed by atoms with Gasteiger partial charge in [0.05, 0.1) is 7.11 Å². The van der Waals surface area contributed by atoms with Gasteiger partial charge in [-0.3, -0.25) is 0 Å². The van der Waals surface area contributed by atoms with E-state index in [4.69, 9.17) is 4.74 Å². The van der Waals surface area contributed by atoms with Crippen molar-refractivity contribution in [3.8, 4) is 5.75 Å². The van der Waals surface area contributed by atoms with Crippen LogP contribution in [0.3, 0.4) is 0 Å². The maximum Gasteiger partial charge on any atom is 0.122 e. The number of methoxy groups -OCH3 is 1. The molecule has 1 aromatic rings. The van der Waals surface area contributed by atoms with E-state index in [9.17, 15) is 0 Å². The first-order chi connectivity index (χ1) is 8.62. The molecule has 3 heteroatoms. The van der Waals surface area contributed by atoms with Crippen LogP contribution in [0.4, 0.5) is 0 Å². The van der Waals surface area contributed by atoms with Crippen molar-refractivity contribution in [2.45, 2.75) is 39.7 Å². The lowest BCUT2D eigenvalue weighted by molar-refractivity contribution is 0.357. The number of halogens is 1. The Morgan fingerprint density at radius 2 is 2.06 bits per heavy atom. The molecule has 0 saturated carbocycles. The fourth-order valence-corrected chi connectivity index (χ4v) is 2.76. The molecule has 0 radical (unpaired) electrons. The highest BCUT2D eigenvalue weighted by molar-refractivity contribution is 9.10. The molecule has 0 spiro atoms. The van der Waals surface area contributed by atoms with Gasteiger partial charge in [0.1, 0.15) is 5.75 Å². The molecule has 1 N–H and O–H groups in total. The van der Waals surface area contributed by atoms with E-state index in [2.05, 4.69) is 48.1 Å². The molecule has 0 heterocycles. The maximum absolute atomic E-state index is 5.44. The first kappa shape index (κ1) is 15.5. The molecule has 18 heavy (non-hydrogen) atoms. The average molecular weight is 314 g/mol. The molecule has 102 valence electrons. The van der Waals surface area contributed by atoms with Gasteiger partial charge in [-0.15, -0.1) is 0 Å². The molecule has 2 nitrogen and oxygen atoms in total. The van der Waals surface area contributed by atoms with Crippen LogP contribution in [0.2, 0.25) is 0 Å². The maximum atomic E-state index is 5.44. The predicted octanol–water partition coefficient (Wildman–Crippen LogP) is 4.02. The molecule has 0 aliphatic rings. The summed E-state index contributed by atoms with van der Waals surface area (Å²) in [6, 6.07) is 6.75. The lowest BCUT2D eigenvalue weighted by atomic mass is 9.90. The number of hydrogen-bond acceptors (Lipinski definition) is 2. The van der Waals surface area contributed by atoms with Crippen molar-refractivity contribution < 1.29 is 4.74 Å². The highest BCUT2D eigenvalue weighted by Gasteiger charge is 2.17. The zero-order chi connectivity index (χ0) is 13.5. The van der Waals surface area contributed by atoms with E-state index in [-0.39, 0.29) is 0 Å². The van der Waals surface area contributed by atoms with Crippen LogP contribution in [0.15, 0.2) is 22.7 Å². The molecule has 0 aromatic heterocycles. The van der Waals surface area contributed by atoms with Crippen LogP contribution >= 0.6 is 15.9 Å². The Hall–Kier alpha value is -0.540. The van der Waals surface area contributed by atoms with Crippen molar-refractivity contribution >= 4 is 15.9 Å². The highest BCUT2D eigenvalue weighted by atomic mass is 79.9. The van der Waals surface area contributed by atoms with Gasteiger partial charge >= 0.3 is 0 Å². The molecule has 1 aromatic carbocycles. The monoisotopic (exact) mass is 313 g/mol. The van der Waals surface area contributed by atoms with Crippen LogP contribution in [0.25, 0.3) is 0 Å². The standard InChI is InChI=1S/C15H24BrNO/c1-5-12(11(3)17-6-2)9-13-10-14(16)7-8-15(13)18-4/h7-8,10-12,17H,5-6,9H2,1-4H3. The predicted molar refractivity (Wildman–Crippen MR) is 81.3 cm³/mol. The van der Waals surface area contributed by atoms with E-state index >= 15 is 0 Å². The van der Waals surface area contributed by atoms with Crippen LogP contribution in [0.1, 0.15) is 32.8 Å². The van der Waals surface area contributed by atoms with Gasteiger partial charge in [0.15, 0.2) is 0 Å². The van der Waals surface area contributed by atoms with Gasteiger partial charge < -0.3 is 10.1 Å². The van der Waals surface area contributed by atoms with Gasteiger partial charge in [0, 0.05) is 10.5 Å². The number of ether oxygens (including phenoxy) is 1. The minimum Gasteiger partial charge on any atom is -0.496 e. The Balaban J connectivity index is 2.83. The summed E-state index contributed by atoms with van der Waals surface area (Å²) >= 11 is 3.53. The summed E-state index contributed by atoms with van der Waals surface area (Å²) < 4.78 is 6.56. The Morgan fingerprint density at radius 3 is 2.61 bits per heavy atom. The van der Waals surface area contributed by atoms with Gasteiger partial charge in [0.25, 0.3) is 0 Å². The zero-order valence-electron chi connectivity index (χ0n) is 11.8. The van der Waals surface area contributed by atoms with Crippen molar-refractivity contribution in [2.24, 2.45) is 5.92 Å². The normalized spacial score (nSPS) is 14.3. The third kappa shape index (κ3) is 4.29. The molecule has 0 aliphatic carbocycles. The first-order valence-corrected chi connectivity index (χ1v) is 7.47. The van der Waals surface area contributed by atoms with Gasteiger partial charge in [0.2, 0.25) is 0 Å². The topological polar surface area (TPSA) is 21.3 Å².